The van der Waals surface area contributed by atoms with Gasteiger partial charge in [0.2, 0.25) is 5.91 Å². The lowest BCUT2D eigenvalue weighted by Gasteiger charge is -2.33. The summed E-state index contributed by atoms with van der Waals surface area (Å²) in [5, 5.41) is 25.6. The molecule has 3 aromatic heterocycles. The highest BCUT2D eigenvalue weighted by Crippen LogP contribution is 2.30. The molecule has 12 nitrogen and oxygen atoms in total. The Hall–Kier alpha value is -5.26. The lowest BCUT2D eigenvalue weighted by molar-refractivity contribution is -0.136. The minimum Gasteiger partial charge on any atom is -0.481 e. The number of hydrogen-bond donors (Lipinski definition) is 3. The molecular formula is C35H40N6O6. The molecule has 2 amide bonds. The van der Waals surface area contributed by atoms with Crippen molar-refractivity contribution >= 4 is 45.3 Å². The van der Waals surface area contributed by atoms with Crippen LogP contribution < -0.4 is 16.3 Å². The number of carboxylic acid groups (broad SMARTS) is 1. The number of nitrogens with zero attached hydrogens (tertiary/aromatic N) is 4. The number of aliphatic carboxylic acids is 1. The van der Waals surface area contributed by atoms with E-state index in [1.165, 1.54) is 4.68 Å². The summed E-state index contributed by atoms with van der Waals surface area (Å²) in [4.78, 5) is 50.9. The first-order chi connectivity index (χ1) is 22.3. The first kappa shape index (κ1) is 33.1. The summed E-state index contributed by atoms with van der Waals surface area (Å²) in [6.07, 6.45) is 5.33. The van der Waals surface area contributed by atoms with Crippen LogP contribution >= 0.6 is 0 Å². The zero-order valence-corrected chi connectivity index (χ0v) is 27.5. The lowest BCUT2D eigenvalue weighted by atomic mass is 9.85. The van der Waals surface area contributed by atoms with Crippen LogP contribution in [-0.4, -0.2) is 42.5 Å². The number of rotatable bonds is 12. The molecule has 246 valence electrons. The number of fused-ring (bicyclic) bond motifs is 2. The van der Waals surface area contributed by atoms with E-state index in [9.17, 15) is 24.3 Å². The topological polar surface area (TPSA) is 161 Å². The fourth-order valence-electron chi connectivity index (χ4n) is 5.74. The standard InChI is InChI=1S/C35H40N6O6/c1-7-8-9-28(33(45)36-24-11-12-25-21(4)26(18-31(42)43)34(46)47-29(25)17-24)41-19-30(38-39-41)35(5,20(2)3)37-32(44)23-10-13-27-22(16-23)14-15-40(27)6/h10-17,19-20,28H,7-9,18H2,1-6H3,(H,36,45)(H,37,44)(H,42,43)/t28-,35-/m0/s1. The van der Waals surface area contributed by atoms with Crippen molar-refractivity contribution in [3.05, 3.63) is 87.7 Å². The molecule has 12 heteroatoms. The molecule has 5 aromatic rings. The van der Waals surface area contributed by atoms with Gasteiger partial charge in [-0.1, -0.05) is 38.8 Å². The maximum absolute atomic E-state index is 13.7. The number of carbonyl (C=O) groups is 3. The molecule has 0 unspecified atom stereocenters. The maximum Gasteiger partial charge on any atom is 0.340 e. The molecule has 47 heavy (non-hydrogen) atoms. The summed E-state index contributed by atoms with van der Waals surface area (Å²) in [6, 6.07) is 11.8. The number of nitrogens with one attached hydrogen (secondary N) is 2. The smallest absolute Gasteiger partial charge is 0.340 e. The normalized spacial score (nSPS) is 13.5. The maximum atomic E-state index is 13.7. The van der Waals surface area contributed by atoms with Crippen LogP contribution in [0.5, 0.6) is 0 Å². The molecule has 0 aliphatic heterocycles. The fourth-order valence-corrected chi connectivity index (χ4v) is 5.74. The zero-order chi connectivity index (χ0) is 34.0. The molecule has 0 fully saturated rings. The highest BCUT2D eigenvalue weighted by molar-refractivity contribution is 5.99. The van der Waals surface area contributed by atoms with E-state index in [1.54, 1.807) is 37.4 Å². The average Bonchev–Trinajstić information content (AvgIpc) is 3.66. The van der Waals surface area contributed by atoms with Crippen molar-refractivity contribution in [2.24, 2.45) is 13.0 Å². The van der Waals surface area contributed by atoms with Crippen LogP contribution in [0.3, 0.4) is 0 Å². The fraction of sp³-hybridized carbons (Fsp3) is 0.371. The van der Waals surface area contributed by atoms with Gasteiger partial charge in [-0.15, -0.1) is 5.10 Å². The Morgan fingerprint density at radius 3 is 2.57 bits per heavy atom. The number of aryl methyl sites for hydroxylation is 2. The van der Waals surface area contributed by atoms with Crippen molar-refractivity contribution in [3.8, 4) is 0 Å². The van der Waals surface area contributed by atoms with Gasteiger partial charge < -0.3 is 24.7 Å². The molecule has 2 atom stereocenters. The largest absolute Gasteiger partial charge is 0.481 e. The van der Waals surface area contributed by atoms with Gasteiger partial charge in [0, 0.05) is 46.9 Å². The highest BCUT2D eigenvalue weighted by Gasteiger charge is 2.36. The third kappa shape index (κ3) is 6.67. The van der Waals surface area contributed by atoms with Crippen LogP contribution in [0.4, 0.5) is 5.69 Å². The Balaban J connectivity index is 1.39. The number of amides is 2. The summed E-state index contributed by atoms with van der Waals surface area (Å²) in [5.41, 5.74) is 1.73. The van der Waals surface area contributed by atoms with Gasteiger partial charge in [-0.05, 0) is 68.1 Å². The van der Waals surface area contributed by atoms with Gasteiger partial charge in [0.1, 0.15) is 17.3 Å². The van der Waals surface area contributed by atoms with Gasteiger partial charge in [0.05, 0.1) is 23.7 Å². The van der Waals surface area contributed by atoms with Gasteiger partial charge >= 0.3 is 11.6 Å². The number of carbonyl (C=O) groups excluding carboxylic acids is 2. The second kappa shape index (κ2) is 13.2. The first-order valence-corrected chi connectivity index (χ1v) is 15.7. The Labute approximate surface area is 271 Å². The summed E-state index contributed by atoms with van der Waals surface area (Å²) in [5.74, 6) is -1.76. The Kier molecular flexibility index (Phi) is 9.32. The van der Waals surface area contributed by atoms with Crippen LogP contribution in [-0.2, 0) is 28.6 Å². The molecule has 0 bridgehead atoms. The van der Waals surface area contributed by atoms with E-state index in [2.05, 4.69) is 20.9 Å². The second-order valence-corrected chi connectivity index (χ2v) is 12.5. The predicted molar refractivity (Wildman–Crippen MR) is 178 cm³/mol. The number of anilines is 1. The van der Waals surface area contributed by atoms with Gasteiger partial charge in [0.15, 0.2) is 0 Å². The Morgan fingerprint density at radius 1 is 1.11 bits per heavy atom. The van der Waals surface area contributed by atoms with Crippen molar-refractivity contribution in [1.29, 1.82) is 0 Å². The lowest BCUT2D eigenvalue weighted by Crippen LogP contribution is -2.47. The van der Waals surface area contributed by atoms with Gasteiger partial charge in [-0.25, -0.2) is 9.48 Å². The van der Waals surface area contributed by atoms with Crippen LogP contribution in [0.2, 0.25) is 0 Å². The number of aromatic nitrogens is 4. The van der Waals surface area contributed by atoms with Gasteiger partial charge in [-0.3, -0.25) is 14.4 Å². The van der Waals surface area contributed by atoms with Crippen LogP contribution in [0.25, 0.3) is 21.9 Å². The number of carboxylic acids is 1. The minimum absolute atomic E-state index is 0.0632. The monoisotopic (exact) mass is 640 g/mol. The van der Waals surface area contributed by atoms with Crippen LogP contribution in [0.1, 0.15) is 80.2 Å². The Morgan fingerprint density at radius 2 is 1.87 bits per heavy atom. The summed E-state index contributed by atoms with van der Waals surface area (Å²) in [7, 11) is 1.96. The third-order valence-corrected chi connectivity index (χ3v) is 9.05. The SMILES string of the molecule is CCCC[C@@H](C(=O)Nc1ccc2c(C)c(CC(=O)O)c(=O)oc2c1)n1cc([C@@](C)(NC(=O)c2ccc3c(ccn3C)c2)C(C)C)nn1. The van der Waals surface area contributed by atoms with E-state index in [1.807, 2.05) is 63.7 Å². The number of benzene rings is 2. The highest BCUT2D eigenvalue weighted by atomic mass is 16.4. The van der Waals surface area contributed by atoms with Crippen LogP contribution in [0, 0.1) is 12.8 Å². The number of unbranched alkanes of at least 4 members (excludes halogenated alkanes) is 1. The molecule has 0 spiro atoms. The second-order valence-electron chi connectivity index (χ2n) is 12.5. The minimum atomic E-state index is -1.13. The first-order valence-electron chi connectivity index (χ1n) is 15.7. The summed E-state index contributed by atoms with van der Waals surface area (Å²) >= 11 is 0. The quantitative estimate of drug-likeness (QED) is 0.151. The van der Waals surface area contributed by atoms with E-state index in [-0.39, 0.29) is 28.9 Å². The van der Waals surface area contributed by atoms with Crippen molar-refractivity contribution in [3.63, 3.8) is 0 Å². The summed E-state index contributed by atoms with van der Waals surface area (Å²) < 4.78 is 8.95. The number of hydrogen-bond acceptors (Lipinski definition) is 7. The summed E-state index contributed by atoms with van der Waals surface area (Å²) in [6.45, 7) is 9.59. The molecule has 0 aliphatic rings. The van der Waals surface area contributed by atoms with Crippen molar-refractivity contribution < 1.29 is 23.9 Å². The van der Waals surface area contributed by atoms with E-state index in [4.69, 9.17) is 4.42 Å². The van der Waals surface area contributed by atoms with Gasteiger partial charge in [0.25, 0.3) is 5.91 Å². The third-order valence-electron chi connectivity index (χ3n) is 9.05. The van der Waals surface area contributed by atoms with E-state index >= 15 is 0 Å². The van der Waals surface area contributed by atoms with Crippen LogP contribution in [0.15, 0.2) is 64.1 Å². The molecule has 3 N–H and O–H groups in total. The molecule has 0 aliphatic carbocycles. The molecule has 2 aromatic carbocycles. The average molecular weight is 641 g/mol. The molecule has 5 rings (SSSR count). The molecule has 0 radical (unpaired) electrons. The van der Waals surface area contributed by atoms with E-state index in [0.29, 0.717) is 34.3 Å². The molecular weight excluding hydrogens is 600 g/mol. The molecule has 3 heterocycles. The van der Waals surface area contributed by atoms with E-state index < -0.39 is 29.6 Å². The predicted octanol–water partition coefficient (Wildman–Crippen LogP) is 5.48. The molecule has 0 saturated heterocycles. The Bertz CT molecular complexity index is 2040. The van der Waals surface area contributed by atoms with Crippen molar-refractivity contribution in [2.75, 3.05) is 5.32 Å². The van der Waals surface area contributed by atoms with Gasteiger partial charge in [-0.2, -0.15) is 0 Å². The zero-order valence-electron chi connectivity index (χ0n) is 27.5. The van der Waals surface area contributed by atoms with E-state index in [0.717, 1.165) is 23.7 Å². The van der Waals surface area contributed by atoms with Crippen molar-refractivity contribution in [2.45, 2.75) is 71.9 Å². The van der Waals surface area contributed by atoms with Crippen molar-refractivity contribution in [1.82, 2.24) is 24.9 Å². The molecule has 0 saturated carbocycles.